The van der Waals surface area contributed by atoms with Crippen LogP contribution in [-0.2, 0) is 11.3 Å². The van der Waals surface area contributed by atoms with Crippen molar-refractivity contribution in [3.63, 3.8) is 0 Å². The van der Waals surface area contributed by atoms with Crippen LogP contribution in [0.3, 0.4) is 0 Å². The van der Waals surface area contributed by atoms with Gasteiger partial charge in [-0.1, -0.05) is 23.7 Å². The van der Waals surface area contributed by atoms with E-state index in [0.29, 0.717) is 5.15 Å². The van der Waals surface area contributed by atoms with Crippen LogP contribution in [0.5, 0.6) is 0 Å². The molecule has 0 unspecified atom stereocenters. The van der Waals surface area contributed by atoms with Crippen molar-refractivity contribution in [3.05, 3.63) is 41.7 Å². The predicted molar refractivity (Wildman–Crippen MR) is 66.6 cm³/mol. The normalized spacial score (nSPS) is 10.3. The first-order chi connectivity index (χ1) is 7.83. The summed E-state index contributed by atoms with van der Waals surface area (Å²) in [4.78, 5) is 4.00. The summed E-state index contributed by atoms with van der Waals surface area (Å²) >= 11 is 5.68. The largest absolute Gasteiger partial charge is 0.380 e. The molecule has 0 spiro atoms. The Morgan fingerprint density at radius 1 is 1.44 bits per heavy atom. The SMILES string of the molecule is C=CCCOCCNCc1ccc(Cl)nc1. The molecule has 1 aromatic heterocycles. The highest BCUT2D eigenvalue weighted by Crippen LogP contribution is 2.04. The summed E-state index contributed by atoms with van der Waals surface area (Å²) in [7, 11) is 0. The average Bonchev–Trinajstić information content (AvgIpc) is 2.30. The van der Waals surface area contributed by atoms with Crippen LogP contribution in [0.1, 0.15) is 12.0 Å². The minimum Gasteiger partial charge on any atom is -0.380 e. The van der Waals surface area contributed by atoms with Crippen LogP contribution in [0.4, 0.5) is 0 Å². The Morgan fingerprint density at radius 3 is 3.00 bits per heavy atom. The van der Waals surface area contributed by atoms with E-state index in [-0.39, 0.29) is 0 Å². The fourth-order valence-electron chi connectivity index (χ4n) is 1.16. The lowest BCUT2D eigenvalue weighted by Crippen LogP contribution is -2.19. The number of aromatic nitrogens is 1. The van der Waals surface area contributed by atoms with Crippen molar-refractivity contribution in [1.82, 2.24) is 10.3 Å². The molecular weight excluding hydrogens is 224 g/mol. The molecule has 0 aliphatic rings. The number of nitrogens with zero attached hydrogens (tertiary/aromatic N) is 1. The van der Waals surface area contributed by atoms with Crippen LogP contribution in [0.15, 0.2) is 31.0 Å². The molecule has 1 heterocycles. The molecule has 0 saturated carbocycles. The summed E-state index contributed by atoms with van der Waals surface area (Å²) in [6, 6.07) is 3.75. The van der Waals surface area contributed by atoms with Gasteiger partial charge < -0.3 is 10.1 Å². The van der Waals surface area contributed by atoms with Gasteiger partial charge in [-0.05, 0) is 18.1 Å². The first kappa shape index (κ1) is 13.2. The van der Waals surface area contributed by atoms with E-state index >= 15 is 0 Å². The van der Waals surface area contributed by atoms with Crippen LogP contribution in [0.2, 0.25) is 5.15 Å². The fourth-order valence-corrected chi connectivity index (χ4v) is 1.27. The second-order valence-electron chi connectivity index (χ2n) is 3.36. The van der Waals surface area contributed by atoms with Crippen molar-refractivity contribution in [2.45, 2.75) is 13.0 Å². The van der Waals surface area contributed by atoms with Crippen molar-refractivity contribution < 1.29 is 4.74 Å². The molecule has 0 aromatic carbocycles. The third-order valence-corrected chi connectivity index (χ3v) is 2.23. The molecular formula is C12H17ClN2O. The van der Waals surface area contributed by atoms with Crippen LogP contribution in [-0.4, -0.2) is 24.7 Å². The zero-order chi connectivity index (χ0) is 11.6. The second-order valence-corrected chi connectivity index (χ2v) is 3.74. The maximum atomic E-state index is 5.68. The molecule has 0 fully saturated rings. The topological polar surface area (TPSA) is 34.1 Å². The molecule has 0 aliphatic carbocycles. The third kappa shape index (κ3) is 5.85. The molecule has 1 N–H and O–H groups in total. The van der Waals surface area contributed by atoms with Gasteiger partial charge in [0, 0.05) is 19.3 Å². The molecule has 0 saturated heterocycles. The molecule has 3 nitrogen and oxygen atoms in total. The zero-order valence-corrected chi connectivity index (χ0v) is 10.0. The van der Waals surface area contributed by atoms with Crippen molar-refractivity contribution in [3.8, 4) is 0 Å². The molecule has 0 bridgehead atoms. The monoisotopic (exact) mass is 240 g/mol. The summed E-state index contributed by atoms with van der Waals surface area (Å²) in [6.45, 7) is 6.71. The summed E-state index contributed by atoms with van der Waals surface area (Å²) in [5, 5.41) is 3.79. The Kier molecular flexibility index (Phi) is 6.81. The number of hydrogen-bond donors (Lipinski definition) is 1. The number of hydrogen-bond acceptors (Lipinski definition) is 3. The molecule has 0 aliphatic heterocycles. The zero-order valence-electron chi connectivity index (χ0n) is 9.29. The Bertz CT molecular complexity index is 300. The lowest BCUT2D eigenvalue weighted by Gasteiger charge is -2.05. The van der Waals surface area contributed by atoms with Crippen LogP contribution in [0.25, 0.3) is 0 Å². The van der Waals surface area contributed by atoms with E-state index < -0.39 is 0 Å². The van der Waals surface area contributed by atoms with Crippen molar-refractivity contribution in [1.29, 1.82) is 0 Å². The predicted octanol–water partition coefficient (Wildman–Crippen LogP) is 2.42. The molecule has 16 heavy (non-hydrogen) atoms. The Hall–Kier alpha value is -0.900. The quantitative estimate of drug-likeness (QED) is 0.431. The second kappa shape index (κ2) is 8.28. The summed E-state index contributed by atoms with van der Waals surface area (Å²) in [5.74, 6) is 0. The highest BCUT2D eigenvalue weighted by atomic mass is 35.5. The van der Waals surface area contributed by atoms with Crippen LogP contribution >= 0.6 is 11.6 Å². The van der Waals surface area contributed by atoms with Gasteiger partial charge in [0.2, 0.25) is 0 Å². The van der Waals surface area contributed by atoms with E-state index in [2.05, 4.69) is 16.9 Å². The average molecular weight is 241 g/mol. The first-order valence-electron chi connectivity index (χ1n) is 5.32. The molecule has 0 amide bonds. The number of pyridine rings is 1. The lowest BCUT2D eigenvalue weighted by atomic mass is 10.3. The number of nitrogens with one attached hydrogen (secondary N) is 1. The molecule has 88 valence electrons. The van der Waals surface area contributed by atoms with Gasteiger partial charge >= 0.3 is 0 Å². The van der Waals surface area contributed by atoms with Gasteiger partial charge in [-0.3, -0.25) is 0 Å². The molecule has 4 heteroatoms. The lowest BCUT2D eigenvalue weighted by molar-refractivity contribution is 0.140. The minimum atomic E-state index is 0.525. The number of ether oxygens (including phenoxy) is 1. The highest BCUT2D eigenvalue weighted by molar-refractivity contribution is 6.29. The van der Waals surface area contributed by atoms with Gasteiger partial charge in [0.1, 0.15) is 5.15 Å². The minimum absolute atomic E-state index is 0.525. The van der Waals surface area contributed by atoms with Gasteiger partial charge in [-0.2, -0.15) is 0 Å². The number of rotatable bonds is 8. The van der Waals surface area contributed by atoms with E-state index in [1.807, 2.05) is 12.1 Å². The van der Waals surface area contributed by atoms with Crippen LogP contribution < -0.4 is 5.32 Å². The van der Waals surface area contributed by atoms with E-state index in [0.717, 1.165) is 38.3 Å². The standard InChI is InChI=1S/C12H17ClN2O/c1-2-3-7-16-8-6-14-9-11-4-5-12(13)15-10-11/h2,4-5,10,14H,1,3,6-9H2. The van der Waals surface area contributed by atoms with Crippen molar-refractivity contribution in [2.75, 3.05) is 19.8 Å². The number of halogens is 1. The fraction of sp³-hybridized carbons (Fsp3) is 0.417. The first-order valence-corrected chi connectivity index (χ1v) is 5.70. The van der Waals surface area contributed by atoms with Gasteiger partial charge in [0.15, 0.2) is 0 Å². The van der Waals surface area contributed by atoms with Crippen molar-refractivity contribution >= 4 is 11.6 Å². The summed E-state index contributed by atoms with van der Waals surface area (Å²) in [5.41, 5.74) is 1.12. The van der Waals surface area contributed by atoms with E-state index in [9.17, 15) is 0 Å². The van der Waals surface area contributed by atoms with Gasteiger partial charge in [-0.25, -0.2) is 4.98 Å². The van der Waals surface area contributed by atoms with Gasteiger partial charge in [0.25, 0.3) is 0 Å². The molecule has 1 rings (SSSR count). The highest BCUT2D eigenvalue weighted by Gasteiger charge is 1.93. The van der Waals surface area contributed by atoms with Gasteiger partial charge in [0.05, 0.1) is 13.2 Å². The smallest absolute Gasteiger partial charge is 0.129 e. The summed E-state index contributed by atoms with van der Waals surface area (Å²) < 4.78 is 5.36. The summed E-state index contributed by atoms with van der Waals surface area (Å²) in [6.07, 6.45) is 4.53. The van der Waals surface area contributed by atoms with Crippen molar-refractivity contribution in [2.24, 2.45) is 0 Å². The Morgan fingerprint density at radius 2 is 2.31 bits per heavy atom. The molecule has 1 aromatic rings. The molecule has 0 radical (unpaired) electrons. The maximum absolute atomic E-state index is 5.68. The molecule has 0 atom stereocenters. The van der Waals surface area contributed by atoms with Gasteiger partial charge in [-0.15, -0.1) is 6.58 Å². The Balaban J connectivity index is 2.02. The van der Waals surface area contributed by atoms with Crippen LogP contribution in [0, 0.1) is 0 Å². The maximum Gasteiger partial charge on any atom is 0.129 e. The van der Waals surface area contributed by atoms with E-state index in [4.69, 9.17) is 16.3 Å². The van der Waals surface area contributed by atoms with E-state index in [1.54, 1.807) is 12.3 Å². The van der Waals surface area contributed by atoms with E-state index in [1.165, 1.54) is 0 Å². The third-order valence-electron chi connectivity index (χ3n) is 2.01. The Labute approximate surface area is 101 Å².